The number of aromatic amines is 1. The maximum Gasteiger partial charge on any atom is 0.329 e. The van der Waals surface area contributed by atoms with Crippen LogP contribution in [0.25, 0.3) is 21.4 Å². The van der Waals surface area contributed by atoms with E-state index in [9.17, 15) is 9.59 Å². The lowest BCUT2D eigenvalue weighted by atomic mass is 10.3. The zero-order valence-corrected chi connectivity index (χ0v) is 15.7. The molecule has 0 fully saturated rings. The normalized spacial score (nSPS) is 11.6. The fourth-order valence-corrected chi connectivity index (χ4v) is 4.74. The summed E-state index contributed by atoms with van der Waals surface area (Å²) in [5, 5.41) is 0.600. The standard InChI is InChI=1S/C16H15N5O3S2/c1-20-12-11(13(22)19-14(20)23)21(7-8-24-2)15(18-12)26-16-17-9-5-3-4-6-10(9)25-16/h3-6H,7-8H2,1-2H3,(H,19,22,23). The summed E-state index contributed by atoms with van der Waals surface area (Å²) in [6.07, 6.45) is 0. The lowest BCUT2D eigenvalue weighted by molar-refractivity contribution is 0.186. The number of nitrogens with zero attached hydrogens (tertiary/aromatic N) is 4. The van der Waals surface area contributed by atoms with E-state index in [1.807, 2.05) is 24.3 Å². The van der Waals surface area contributed by atoms with Gasteiger partial charge in [0.25, 0.3) is 5.56 Å². The average Bonchev–Trinajstić information content (AvgIpc) is 3.19. The number of benzene rings is 1. The molecule has 0 radical (unpaired) electrons. The predicted octanol–water partition coefficient (Wildman–Crippen LogP) is 1.83. The fourth-order valence-electron chi connectivity index (χ4n) is 2.66. The van der Waals surface area contributed by atoms with Crippen LogP contribution in [-0.2, 0) is 18.3 Å². The molecule has 0 aliphatic heterocycles. The topological polar surface area (TPSA) is 94.8 Å². The monoisotopic (exact) mass is 389 g/mol. The Hall–Kier alpha value is -2.43. The van der Waals surface area contributed by atoms with Crippen LogP contribution in [-0.4, -0.2) is 37.8 Å². The number of aryl methyl sites for hydroxylation is 1. The maximum atomic E-state index is 12.3. The number of aromatic nitrogens is 5. The third-order valence-electron chi connectivity index (χ3n) is 3.94. The number of nitrogens with one attached hydrogen (secondary N) is 1. The minimum absolute atomic E-state index is 0.346. The number of hydrogen-bond donors (Lipinski definition) is 1. The van der Waals surface area contributed by atoms with E-state index in [1.54, 1.807) is 30.1 Å². The summed E-state index contributed by atoms with van der Waals surface area (Å²) in [5.74, 6) is 0. The third-order valence-corrected chi connectivity index (χ3v) is 6.04. The van der Waals surface area contributed by atoms with Gasteiger partial charge in [-0.1, -0.05) is 12.1 Å². The van der Waals surface area contributed by atoms with Crippen molar-refractivity contribution in [2.45, 2.75) is 16.0 Å². The van der Waals surface area contributed by atoms with Gasteiger partial charge < -0.3 is 9.30 Å². The molecule has 0 unspecified atom stereocenters. The minimum Gasteiger partial charge on any atom is -0.383 e. The molecule has 3 heterocycles. The van der Waals surface area contributed by atoms with Crippen LogP contribution >= 0.6 is 23.1 Å². The first-order valence-corrected chi connectivity index (χ1v) is 9.43. The number of imidazole rings is 1. The Bertz CT molecular complexity index is 1190. The van der Waals surface area contributed by atoms with Crippen LogP contribution in [0.5, 0.6) is 0 Å². The molecule has 1 aromatic carbocycles. The predicted molar refractivity (Wildman–Crippen MR) is 101 cm³/mol. The van der Waals surface area contributed by atoms with Crippen LogP contribution in [0.15, 0.2) is 43.4 Å². The van der Waals surface area contributed by atoms with Crippen LogP contribution in [0, 0.1) is 0 Å². The van der Waals surface area contributed by atoms with Gasteiger partial charge in [0.2, 0.25) is 0 Å². The molecule has 0 saturated heterocycles. The lowest BCUT2D eigenvalue weighted by Crippen LogP contribution is -2.29. The summed E-state index contributed by atoms with van der Waals surface area (Å²) in [6, 6.07) is 7.88. The van der Waals surface area contributed by atoms with Gasteiger partial charge in [-0.05, 0) is 23.9 Å². The van der Waals surface area contributed by atoms with Crippen LogP contribution in [0.1, 0.15) is 0 Å². The molecule has 0 bridgehead atoms. The van der Waals surface area contributed by atoms with Gasteiger partial charge in [0.05, 0.1) is 16.8 Å². The summed E-state index contributed by atoms with van der Waals surface area (Å²) in [4.78, 5) is 35.7. The van der Waals surface area contributed by atoms with E-state index in [0.717, 1.165) is 14.6 Å². The van der Waals surface area contributed by atoms with Gasteiger partial charge in [0.15, 0.2) is 20.7 Å². The minimum atomic E-state index is -0.490. The van der Waals surface area contributed by atoms with Crippen molar-refractivity contribution in [2.24, 2.45) is 7.05 Å². The largest absolute Gasteiger partial charge is 0.383 e. The highest BCUT2D eigenvalue weighted by molar-refractivity contribution is 8.01. The molecule has 26 heavy (non-hydrogen) atoms. The highest BCUT2D eigenvalue weighted by Gasteiger charge is 2.19. The highest BCUT2D eigenvalue weighted by Crippen LogP contribution is 2.34. The smallest absolute Gasteiger partial charge is 0.329 e. The van der Waals surface area contributed by atoms with Gasteiger partial charge in [-0.2, -0.15) is 0 Å². The van der Waals surface area contributed by atoms with E-state index >= 15 is 0 Å². The molecule has 1 N–H and O–H groups in total. The molecule has 0 amide bonds. The van der Waals surface area contributed by atoms with Crippen LogP contribution < -0.4 is 11.2 Å². The maximum absolute atomic E-state index is 12.3. The van der Waals surface area contributed by atoms with Crippen molar-refractivity contribution in [3.8, 4) is 0 Å². The van der Waals surface area contributed by atoms with E-state index in [4.69, 9.17) is 4.74 Å². The van der Waals surface area contributed by atoms with E-state index in [1.165, 1.54) is 16.3 Å². The Morgan fingerprint density at radius 1 is 1.27 bits per heavy atom. The molecule has 0 saturated carbocycles. The van der Waals surface area contributed by atoms with Crippen molar-refractivity contribution in [1.29, 1.82) is 0 Å². The number of rotatable bonds is 5. The Labute approximate surface area is 155 Å². The van der Waals surface area contributed by atoms with Crippen LogP contribution in [0.4, 0.5) is 0 Å². The summed E-state index contributed by atoms with van der Waals surface area (Å²) >= 11 is 2.93. The molecule has 134 valence electrons. The van der Waals surface area contributed by atoms with E-state index < -0.39 is 11.2 Å². The SMILES string of the molecule is COCCn1c(Sc2nc3ccccc3s2)nc2c1c(=O)[nH]c(=O)n2C. The van der Waals surface area contributed by atoms with Crippen molar-refractivity contribution >= 4 is 44.5 Å². The molecule has 8 nitrogen and oxygen atoms in total. The van der Waals surface area contributed by atoms with Crippen molar-refractivity contribution in [3.63, 3.8) is 0 Å². The van der Waals surface area contributed by atoms with E-state index in [-0.39, 0.29) is 0 Å². The molecule has 0 spiro atoms. The van der Waals surface area contributed by atoms with Crippen molar-refractivity contribution in [1.82, 2.24) is 24.1 Å². The number of H-pyrrole nitrogens is 1. The Kier molecular flexibility index (Phi) is 4.39. The van der Waals surface area contributed by atoms with Crippen LogP contribution in [0.3, 0.4) is 0 Å². The van der Waals surface area contributed by atoms with Gasteiger partial charge in [-0.15, -0.1) is 11.3 Å². The summed E-state index contributed by atoms with van der Waals surface area (Å²) in [5.41, 5.74) is 0.675. The number of para-hydroxylation sites is 1. The molecule has 4 aromatic rings. The Morgan fingerprint density at radius 2 is 2.08 bits per heavy atom. The van der Waals surface area contributed by atoms with Gasteiger partial charge in [0, 0.05) is 20.7 Å². The molecule has 0 atom stereocenters. The lowest BCUT2D eigenvalue weighted by Gasteiger charge is -2.06. The Morgan fingerprint density at radius 3 is 2.85 bits per heavy atom. The zero-order chi connectivity index (χ0) is 18.3. The van der Waals surface area contributed by atoms with Gasteiger partial charge >= 0.3 is 5.69 Å². The van der Waals surface area contributed by atoms with Gasteiger partial charge in [-0.3, -0.25) is 14.3 Å². The first kappa shape index (κ1) is 17.0. The van der Waals surface area contributed by atoms with Crippen molar-refractivity contribution in [2.75, 3.05) is 13.7 Å². The molecule has 3 aromatic heterocycles. The third kappa shape index (κ3) is 2.85. The van der Waals surface area contributed by atoms with Crippen molar-refractivity contribution < 1.29 is 4.74 Å². The molecule has 4 rings (SSSR count). The summed E-state index contributed by atoms with van der Waals surface area (Å²) in [6.45, 7) is 0.864. The highest BCUT2D eigenvalue weighted by atomic mass is 32.2. The molecule has 0 aliphatic carbocycles. The fraction of sp³-hybridized carbons (Fsp3) is 0.250. The summed E-state index contributed by atoms with van der Waals surface area (Å²) < 4.78 is 10.2. The molecular formula is C16H15N5O3S2. The first-order valence-electron chi connectivity index (χ1n) is 7.80. The van der Waals surface area contributed by atoms with E-state index in [0.29, 0.717) is 29.5 Å². The molecule has 10 heteroatoms. The first-order chi connectivity index (χ1) is 12.6. The number of thiazole rings is 1. The second-order valence-corrected chi connectivity index (χ2v) is 7.82. The number of ether oxygens (including phenoxy) is 1. The van der Waals surface area contributed by atoms with Gasteiger partial charge in [-0.25, -0.2) is 14.8 Å². The van der Waals surface area contributed by atoms with Crippen molar-refractivity contribution in [3.05, 3.63) is 45.1 Å². The summed E-state index contributed by atoms with van der Waals surface area (Å²) in [7, 11) is 3.18. The Balaban J connectivity index is 1.87. The van der Waals surface area contributed by atoms with E-state index in [2.05, 4.69) is 15.0 Å². The number of fused-ring (bicyclic) bond motifs is 2. The number of hydrogen-bond acceptors (Lipinski definition) is 7. The molecular weight excluding hydrogens is 374 g/mol. The zero-order valence-electron chi connectivity index (χ0n) is 14.1. The average molecular weight is 389 g/mol. The second-order valence-electron chi connectivity index (χ2n) is 5.58. The van der Waals surface area contributed by atoms with Crippen LogP contribution in [0.2, 0.25) is 0 Å². The number of methoxy groups -OCH3 is 1. The quantitative estimate of drug-likeness (QED) is 0.560. The molecule has 0 aliphatic rings. The second kappa shape index (κ2) is 6.71. The van der Waals surface area contributed by atoms with Gasteiger partial charge in [0.1, 0.15) is 0 Å².